The highest BCUT2D eigenvalue weighted by atomic mass is 19.1. The number of nitrogens with one attached hydrogen (secondary N) is 2. The molecule has 1 fully saturated rings. The standard InChI is InChI=1S/C22H25FN4O6/c1-13-11-27(21(32)26-19(13)30)22(9-17(29)18(12-28)33-22)6-2-3-7-25-20(31)14-4-5-16(23)15(8-14)10-24/h4-5,8,11,17-18,28-29H,2-3,6-7,9,12H2,1H3,(H,25,31)(H,26,30,32)/t17-,18+,22+/m0/s1/i23+0. The molecule has 2 aromatic rings. The molecule has 1 aliphatic rings. The Labute approximate surface area is 188 Å². The van der Waals surface area contributed by atoms with E-state index in [2.05, 4.69) is 10.3 Å². The van der Waals surface area contributed by atoms with E-state index in [0.717, 1.165) is 6.07 Å². The first kappa shape index (κ1) is 24.3. The van der Waals surface area contributed by atoms with Crippen molar-refractivity contribution in [3.8, 4) is 6.07 Å². The number of nitriles is 1. The van der Waals surface area contributed by atoms with Crippen LogP contribution < -0.4 is 16.6 Å². The van der Waals surface area contributed by atoms with E-state index in [9.17, 15) is 29.0 Å². The summed E-state index contributed by atoms with van der Waals surface area (Å²) in [6.45, 7) is 1.37. The quantitative estimate of drug-likeness (QED) is 0.411. The van der Waals surface area contributed by atoms with Crippen LogP contribution >= 0.6 is 0 Å². The van der Waals surface area contributed by atoms with Gasteiger partial charge in [0.1, 0.15) is 18.0 Å². The molecule has 1 aromatic carbocycles. The SMILES string of the molecule is Cc1cn([C@@]2(CCCCNC(=O)c3ccc([19F])c(C#N)c3)C[C@H](O)[C@@H](CO)O2)c(=O)[nH]c1=O. The van der Waals surface area contributed by atoms with Crippen LogP contribution in [0.1, 0.15) is 47.2 Å². The van der Waals surface area contributed by atoms with E-state index < -0.39 is 47.5 Å². The number of aliphatic hydroxyl groups excluding tert-OH is 2. The molecular weight excluding hydrogens is 435 g/mol. The second kappa shape index (κ2) is 10.1. The minimum atomic E-state index is -1.26. The third-order valence-corrected chi connectivity index (χ3v) is 5.70. The largest absolute Gasteiger partial charge is 0.394 e. The van der Waals surface area contributed by atoms with Crippen molar-refractivity contribution >= 4 is 5.91 Å². The third kappa shape index (κ3) is 5.19. The minimum Gasteiger partial charge on any atom is -0.394 e. The lowest BCUT2D eigenvalue weighted by Crippen LogP contribution is -2.45. The Bertz CT molecular complexity index is 1190. The number of rotatable bonds is 8. The van der Waals surface area contributed by atoms with Gasteiger partial charge in [0.2, 0.25) is 0 Å². The van der Waals surface area contributed by atoms with Crippen molar-refractivity contribution in [3.63, 3.8) is 0 Å². The normalized spacial score (nSPS) is 22.2. The maximum atomic E-state index is 13.4. The summed E-state index contributed by atoms with van der Waals surface area (Å²) in [4.78, 5) is 38.7. The van der Waals surface area contributed by atoms with E-state index in [0.29, 0.717) is 18.4 Å². The van der Waals surface area contributed by atoms with E-state index in [4.69, 9.17) is 10.00 Å². The van der Waals surface area contributed by atoms with Crippen LogP contribution in [0.4, 0.5) is 4.39 Å². The second-order valence-electron chi connectivity index (χ2n) is 8.02. The summed E-state index contributed by atoms with van der Waals surface area (Å²) < 4.78 is 20.6. The Hall–Kier alpha value is -3.33. The van der Waals surface area contributed by atoms with E-state index in [1.807, 2.05) is 0 Å². The molecule has 3 atom stereocenters. The summed E-state index contributed by atoms with van der Waals surface area (Å²) in [5.74, 6) is -1.16. The molecule has 33 heavy (non-hydrogen) atoms. The van der Waals surface area contributed by atoms with Crippen molar-refractivity contribution < 1.29 is 24.1 Å². The number of hydrogen-bond donors (Lipinski definition) is 4. The maximum absolute atomic E-state index is 13.4. The van der Waals surface area contributed by atoms with E-state index in [1.54, 1.807) is 13.0 Å². The van der Waals surface area contributed by atoms with Crippen molar-refractivity contribution in [1.29, 1.82) is 5.26 Å². The molecular formula is C22H25FN4O6. The number of carbonyl (C=O) groups is 1. The fourth-order valence-electron chi connectivity index (χ4n) is 3.91. The average molecular weight is 460 g/mol. The molecule has 1 aliphatic heterocycles. The van der Waals surface area contributed by atoms with Gasteiger partial charge in [0.05, 0.1) is 18.3 Å². The highest BCUT2D eigenvalue weighted by Crippen LogP contribution is 2.38. The molecule has 11 heteroatoms. The predicted molar refractivity (Wildman–Crippen MR) is 114 cm³/mol. The molecule has 2 heterocycles. The summed E-state index contributed by atoms with van der Waals surface area (Å²) in [7, 11) is 0. The molecule has 1 saturated heterocycles. The predicted octanol–water partition coefficient (Wildman–Crippen LogP) is 0.251. The van der Waals surface area contributed by atoms with Crippen molar-refractivity contribution in [2.45, 2.75) is 50.5 Å². The van der Waals surface area contributed by atoms with Crippen LogP contribution in [0.3, 0.4) is 0 Å². The van der Waals surface area contributed by atoms with Crippen LogP contribution in [-0.4, -0.2) is 51.0 Å². The molecule has 3 rings (SSSR count). The van der Waals surface area contributed by atoms with Gasteiger partial charge < -0.3 is 20.3 Å². The lowest BCUT2D eigenvalue weighted by molar-refractivity contribution is -0.124. The van der Waals surface area contributed by atoms with Gasteiger partial charge in [-0.2, -0.15) is 5.26 Å². The highest BCUT2D eigenvalue weighted by Gasteiger charge is 2.47. The van der Waals surface area contributed by atoms with Crippen molar-refractivity contribution in [1.82, 2.24) is 14.9 Å². The summed E-state index contributed by atoms with van der Waals surface area (Å²) in [5.41, 5.74) is -2.24. The van der Waals surface area contributed by atoms with Gasteiger partial charge in [-0.1, -0.05) is 0 Å². The molecule has 0 aliphatic carbocycles. The fourth-order valence-corrected chi connectivity index (χ4v) is 3.91. The Morgan fingerprint density at radius 2 is 2.18 bits per heavy atom. The number of benzene rings is 1. The summed E-state index contributed by atoms with van der Waals surface area (Å²) >= 11 is 0. The average Bonchev–Trinajstić information content (AvgIpc) is 3.12. The van der Waals surface area contributed by atoms with Crippen molar-refractivity contribution in [3.05, 3.63) is 67.7 Å². The van der Waals surface area contributed by atoms with Gasteiger partial charge in [-0.25, -0.2) is 9.18 Å². The number of H-pyrrole nitrogens is 1. The summed E-state index contributed by atoms with van der Waals surface area (Å²) in [6, 6.07) is 5.20. The first-order chi connectivity index (χ1) is 15.7. The van der Waals surface area contributed by atoms with Gasteiger partial charge >= 0.3 is 5.69 Å². The highest BCUT2D eigenvalue weighted by molar-refractivity contribution is 5.94. The molecule has 176 valence electrons. The molecule has 4 N–H and O–H groups in total. The third-order valence-electron chi connectivity index (χ3n) is 5.70. The summed E-state index contributed by atoms with van der Waals surface area (Å²) in [6.07, 6.45) is 0.775. The van der Waals surface area contributed by atoms with Crippen molar-refractivity contribution in [2.24, 2.45) is 0 Å². The minimum absolute atomic E-state index is 0.0441. The van der Waals surface area contributed by atoms with E-state index in [1.165, 1.54) is 22.9 Å². The molecule has 0 bridgehead atoms. The number of ether oxygens (including phenoxy) is 1. The number of unbranched alkanes of at least 4 members (excludes halogenated alkanes) is 1. The van der Waals surface area contributed by atoms with Crippen LogP contribution in [0.2, 0.25) is 0 Å². The molecule has 0 saturated carbocycles. The van der Waals surface area contributed by atoms with Crippen LogP contribution in [0, 0.1) is 24.1 Å². The van der Waals surface area contributed by atoms with Crippen molar-refractivity contribution in [2.75, 3.05) is 13.2 Å². The molecule has 1 aromatic heterocycles. The van der Waals surface area contributed by atoms with Gasteiger partial charge in [-0.05, 0) is 44.4 Å². The Morgan fingerprint density at radius 3 is 2.85 bits per heavy atom. The van der Waals surface area contributed by atoms with Gasteiger partial charge in [-0.3, -0.25) is 19.1 Å². The molecule has 0 spiro atoms. The van der Waals surface area contributed by atoms with Crippen LogP contribution in [-0.2, 0) is 10.5 Å². The number of amides is 1. The van der Waals surface area contributed by atoms with Gasteiger partial charge in [0.25, 0.3) is 11.5 Å². The number of aromatic nitrogens is 2. The number of carbonyl (C=O) groups excluding carboxylic acids is 1. The second-order valence-corrected chi connectivity index (χ2v) is 8.02. The summed E-state index contributed by atoms with van der Waals surface area (Å²) in [5, 5.41) is 31.4. The lowest BCUT2D eigenvalue weighted by Gasteiger charge is -2.31. The monoisotopic (exact) mass is 460 g/mol. The van der Waals surface area contributed by atoms with Crippen LogP contribution in [0.5, 0.6) is 0 Å². The number of hydrogen-bond acceptors (Lipinski definition) is 7. The topological polar surface area (TPSA) is 157 Å². The van der Waals surface area contributed by atoms with E-state index in [-0.39, 0.29) is 30.5 Å². The van der Waals surface area contributed by atoms with E-state index >= 15 is 0 Å². The zero-order valence-electron chi connectivity index (χ0n) is 18.0. The molecule has 0 radical (unpaired) electrons. The smallest absolute Gasteiger partial charge is 0.330 e. The molecule has 10 nitrogen and oxygen atoms in total. The molecule has 1 amide bonds. The first-order valence-electron chi connectivity index (χ1n) is 10.5. The lowest BCUT2D eigenvalue weighted by atomic mass is 9.99. The Balaban J connectivity index is 1.66. The zero-order valence-corrected chi connectivity index (χ0v) is 18.0. The van der Waals surface area contributed by atoms with Crippen LogP contribution in [0.15, 0.2) is 34.0 Å². The Morgan fingerprint density at radius 1 is 1.42 bits per heavy atom. The maximum Gasteiger partial charge on any atom is 0.330 e. The number of halogens is 1. The zero-order chi connectivity index (χ0) is 24.2. The van der Waals surface area contributed by atoms with Gasteiger partial charge in [0, 0.05) is 30.3 Å². The number of aryl methyl sites for hydroxylation is 1. The van der Waals surface area contributed by atoms with Gasteiger partial charge in [0.15, 0.2) is 5.72 Å². The Kier molecular flexibility index (Phi) is 7.43. The number of nitrogens with zero attached hydrogens (tertiary/aromatic N) is 2. The molecule has 0 unspecified atom stereocenters. The number of aromatic amines is 1. The first-order valence-corrected chi connectivity index (χ1v) is 10.5. The fraction of sp³-hybridized carbons (Fsp3) is 0.455. The van der Waals surface area contributed by atoms with Crippen LogP contribution in [0.25, 0.3) is 0 Å². The van der Waals surface area contributed by atoms with Gasteiger partial charge in [-0.15, -0.1) is 0 Å². The number of aliphatic hydroxyl groups is 2.